The van der Waals surface area contributed by atoms with Crippen molar-refractivity contribution in [2.45, 2.75) is 84.7 Å². The Morgan fingerprint density at radius 1 is 1.09 bits per heavy atom. The Bertz CT molecular complexity index is 1020. The smallest absolute Gasteiger partial charge is 0.156 e. The van der Waals surface area contributed by atoms with E-state index in [9.17, 15) is 9.90 Å². The molecule has 0 radical (unpaired) electrons. The molecule has 0 amide bonds. The molecule has 0 saturated heterocycles. The van der Waals surface area contributed by atoms with E-state index in [1.165, 1.54) is 16.7 Å². The zero-order valence-corrected chi connectivity index (χ0v) is 20.7. The molecule has 0 heterocycles. The summed E-state index contributed by atoms with van der Waals surface area (Å²) in [6.45, 7) is 8.34. The van der Waals surface area contributed by atoms with Gasteiger partial charge in [0, 0.05) is 23.4 Å². The molecule has 0 bridgehead atoms. The Morgan fingerprint density at radius 3 is 2.39 bits per heavy atom. The molecule has 0 aliphatic heterocycles. The fourth-order valence-corrected chi connectivity index (χ4v) is 6.66. The van der Waals surface area contributed by atoms with Gasteiger partial charge in [0.2, 0.25) is 0 Å². The summed E-state index contributed by atoms with van der Waals surface area (Å²) in [5.41, 5.74) is 12.5. The zero-order chi connectivity index (χ0) is 24.0. The number of hydrogen-bond donors (Lipinski definition) is 2. The van der Waals surface area contributed by atoms with Crippen LogP contribution >= 0.6 is 0 Å². The van der Waals surface area contributed by atoms with Crippen LogP contribution in [0.5, 0.6) is 0 Å². The molecule has 176 valence electrons. The predicted octanol–water partition coefficient (Wildman–Crippen LogP) is 6.19. The third kappa shape index (κ3) is 4.56. The maximum absolute atomic E-state index is 12.0. The number of allylic oxidation sites excluding steroid dienone is 4. The van der Waals surface area contributed by atoms with Crippen LogP contribution in [0.25, 0.3) is 0 Å². The molecular weight excluding hydrogens is 406 g/mol. The molecule has 5 rings (SSSR count). The average Bonchev–Trinajstić information content (AvgIpc) is 3.07. The number of aliphatic hydroxyl groups is 1. The number of hydrogen-bond acceptors (Lipinski definition) is 3. The van der Waals surface area contributed by atoms with E-state index in [1.54, 1.807) is 5.57 Å². The van der Waals surface area contributed by atoms with Crippen LogP contribution in [0.15, 0.2) is 47.1 Å². The lowest BCUT2D eigenvalue weighted by atomic mass is 9.53. The van der Waals surface area contributed by atoms with Crippen molar-refractivity contribution in [2.75, 3.05) is 5.73 Å². The molecule has 0 aromatic heterocycles. The highest BCUT2D eigenvalue weighted by atomic mass is 16.3. The Balaban J connectivity index is 0.000000385. The molecule has 0 spiro atoms. The molecule has 5 atom stereocenters. The summed E-state index contributed by atoms with van der Waals surface area (Å²) in [7, 11) is 0. The Hall–Kier alpha value is -2.31. The molecule has 3 nitrogen and oxygen atoms in total. The SMILES string of the molecule is C#CC(C)(C)C.CC12CC(c3ccc(N)cc3)C3=C4CCC(=O)C=C4CCC3C1CCC2O. The maximum Gasteiger partial charge on any atom is 0.156 e. The topological polar surface area (TPSA) is 63.3 Å². The van der Waals surface area contributed by atoms with Gasteiger partial charge in [-0.05, 0) is 111 Å². The van der Waals surface area contributed by atoms with Gasteiger partial charge < -0.3 is 10.8 Å². The molecule has 1 aromatic carbocycles. The lowest BCUT2D eigenvalue weighted by molar-refractivity contribution is -0.114. The van der Waals surface area contributed by atoms with E-state index in [2.05, 4.69) is 25.0 Å². The summed E-state index contributed by atoms with van der Waals surface area (Å²) >= 11 is 0. The number of nitrogens with two attached hydrogens (primary N) is 1. The van der Waals surface area contributed by atoms with Crippen molar-refractivity contribution >= 4 is 11.5 Å². The highest BCUT2D eigenvalue weighted by Crippen LogP contribution is 2.63. The average molecular weight is 446 g/mol. The molecule has 4 aliphatic carbocycles. The number of terminal acetylenes is 1. The summed E-state index contributed by atoms with van der Waals surface area (Å²) in [5, 5.41) is 10.9. The number of rotatable bonds is 1. The van der Waals surface area contributed by atoms with Crippen LogP contribution in [0.1, 0.15) is 84.1 Å². The van der Waals surface area contributed by atoms with Gasteiger partial charge in [-0.15, -0.1) is 12.3 Å². The van der Waals surface area contributed by atoms with Gasteiger partial charge in [-0.2, -0.15) is 0 Å². The van der Waals surface area contributed by atoms with Crippen LogP contribution in [0.3, 0.4) is 0 Å². The third-order valence-corrected chi connectivity index (χ3v) is 8.45. The number of aliphatic hydroxyl groups excluding tert-OH is 1. The van der Waals surface area contributed by atoms with Gasteiger partial charge in [0.1, 0.15) is 0 Å². The molecule has 3 heteroatoms. The molecular formula is C30H39NO2. The van der Waals surface area contributed by atoms with Gasteiger partial charge >= 0.3 is 0 Å². The van der Waals surface area contributed by atoms with Crippen LogP contribution in [0, 0.1) is 35.0 Å². The number of ketones is 1. The van der Waals surface area contributed by atoms with Gasteiger partial charge in [-0.25, -0.2) is 0 Å². The van der Waals surface area contributed by atoms with E-state index in [-0.39, 0.29) is 22.7 Å². The number of fused-ring (bicyclic) bond motifs is 4. The van der Waals surface area contributed by atoms with E-state index >= 15 is 0 Å². The van der Waals surface area contributed by atoms with Crippen LogP contribution in [-0.2, 0) is 4.79 Å². The van der Waals surface area contributed by atoms with E-state index in [4.69, 9.17) is 12.2 Å². The van der Waals surface area contributed by atoms with E-state index in [0.29, 0.717) is 24.2 Å². The Labute approximate surface area is 199 Å². The van der Waals surface area contributed by atoms with Crippen molar-refractivity contribution < 1.29 is 9.90 Å². The third-order valence-electron chi connectivity index (χ3n) is 8.45. The van der Waals surface area contributed by atoms with E-state index in [1.807, 2.05) is 39.0 Å². The minimum absolute atomic E-state index is 0.00746. The highest BCUT2D eigenvalue weighted by molar-refractivity contribution is 5.93. The monoisotopic (exact) mass is 445 g/mol. The molecule has 5 unspecified atom stereocenters. The molecule has 3 N–H and O–H groups in total. The van der Waals surface area contributed by atoms with Crippen molar-refractivity contribution in [3.05, 3.63) is 52.6 Å². The summed E-state index contributed by atoms with van der Waals surface area (Å²) in [4.78, 5) is 12.0. The molecule has 2 fully saturated rings. The number of benzene rings is 1. The standard InChI is InChI=1S/C24H29NO2.C6H10/c1-24-13-20(14-2-5-16(25)6-3-14)23-18-9-7-17(26)12-15(18)4-8-19(23)21(24)10-11-22(24)27;1-5-6(2,3)4/h2-3,5-6,12,19-22,27H,4,7-11,13,25H2,1H3;1H,2-4H3. The minimum Gasteiger partial charge on any atom is -0.399 e. The number of carbonyl (C=O) groups is 1. The fourth-order valence-electron chi connectivity index (χ4n) is 6.66. The van der Waals surface area contributed by atoms with Gasteiger partial charge in [0.05, 0.1) is 6.10 Å². The maximum atomic E-state index is 12.0. The second-order valence-electron chi connectivity index (χ2n) is 11.7. The fraction of sp³-hybridized carbons (Fsp3) is 0.567. The van der Waals surface area contributed by atoms with Crippen molar-refractivity contribution in [3.8, 4) is 12.3 Å². The van der Waals surface area contributed by atoms with E-state index < -0.39 is 0 Å². The van der Waals surface area contributed by atoms with Crippen molar-refractivity contribution in [1.29, 1.82) is 0 Å². The summed E-state index contributed by atoms with van der Waals surface area (Å²) in [5.74, 6) is 4.33. The lowest BCUT2D eigenvalue weighted by Crippen LogP contribution is -2.45. The predicted molar refractivity (Wildman–Crippen MR) is 135 cm³/mol. The lowest BCUT2D eigenvalue weighted by Gasteiger charge is -2.52. The Kier molecular flexibility index (Phi) is 6.36. The number of anilines is 1. The normalized spacial score (nSPS) is 33.1. The number of carbonyl (C=O) groups excluding carboxylic acids is 1. The quantitative estimate of drug-likeness (QED) is 0.400. The van der Waals surface area contributed by atoms with Crippen LogP contribution < -0.4 is 5.73 Å². The first-order chi connectivity index (χ1) is 15.5. The largest absolute Gasteiger partial charge is 0.399 e. The van der Waals surface area contributed by atoms with Gasteiger partial charge in [0.15, 0.2) is 5.78 Å². The highest BCUT2D eigenvalue weighted by Gasteiger charge is 2.56. The first kappa shape index (κ1) is 23.8. The van der Waals surface area contributed by atoms with Crippen molar-refractivity contribution in [1.82, 2.24) is 0 Å². The van der Waals surface area contributed by atoms with Crippen LogP contribution in [-0.4, -0.2) is 17.0 Å². The molecule has 2 saturated carbocycles. The first-order valence-corrected chi connectivity index (χ1v) is 12.5. The van der Waals surface area contributed by atoms with Gasteiger partial charge in [-0.3, -0.25) is 4.79 Å². The summed E-state index contributed by atoms with van der Waals surface area (Å²) in [6, 6.07) is 8.33. The first-order valence-electron chi connectivity index (χ1n) is 12.5. The zero-order valence-electron chi connectivity index (χ0n) is 20.7. The van der Waals surface area contributed by atoms with Gasteiger partial charge in [0.25, 0.3) is 0 Å². The second kappa shape index (κ2) is 8.80. The van der Waals surface area contributed by atoms with Gasteiger partial charge in [-0.1, -0.05) is 24.6 Å². The van der Waals surface area contributed by atoms with Crippen LogP contribution in [0.2, 0.25) is 0 Å². The summed E-state index contributed by atoms with van der Waals surface area (Å²) in [6.07, 6.45) is 13.5. The molecule has 4 aliphatic rings. The van der Waals surface area contributed by atoms with E-state index in [0.717, 1.165) is 44.2 Å². The number of nitrogen functional groups attached to an aromatic ring is 1. The van der Waals surface area contributed by atoms with Crippen molar-refractivity contribution in [3.63, 3.8) is 0 Å². The Morgan fingerprint density at radius 2 is 1.76 bits per heavy atom. The summed E-state index contributed by atoms with van der Waals surface area (Å²) < 4.78 is 0. The minimum atomic E-state index is -0.199. The molecule has 1 aromatic rings. The molecule has 33 heavy (non-hydrogen) atoms. The van der Waals surface area contributed by atoms with Crippen molar-refractivity contribution in [2.24, 2.45) is 22.7 Å². The second-order valence-corrected chi connectivity index (χ2v) is 11.7. The van der Waals surface area contributed by atoms with Crippen LogP contribution in [0.4, 0.5) is 5.69 Å².